The molecule has 9 aromatic carbocycles. The van der Waals surface area contributed by atoms with Crippen molar-refractivity contribution in [3.8, 4) is 44.9 Å². The van der Waals surface area contributed by atoms with Gasteiger partial charge in [0.2, 0.25) is 0 Å². The molecule has 11 aromatic rings. The average molecular weight is 842 g/mol. The standard InChI is InChI=1S/C60H43NO2S/c1-59(2)48-17-8-5-12-43(48)44-30-29-41(35-51(44)59)61(40-27-22-37(23-28-40)42-15-11-16-46-45-13-6-9-18-52(45)62-57(42)46)39-25-20-36(21-26-39)38-24-31-49-53(34-38)63-58-50(60(49,3)4)32-33-55-56(58)47-14-7-10-19-54(47)64-55/h5-35H,1-4H3. The Balaban J connectivity index is 0.897. The third-order valence-electron chi connectivity index (χ3n) is 14.2. The van der Waals surface area contributed by atoms with Gasteiger partial charge in [0.05, 0.1) is 0 Å². The number of ether oxygens (including phenoxy) is 1. The topological polar surface area (TPSA) is 25.6 Å². The van der Waals surface area contributed by atoms with Gasteiger partial charge in [-0.05, 0) is 99.6 Å². The summed E-state index contributed by atoms with van der Waals surface area (Å²) in [6, 6.07) is 68.5. The molecule has 64 heavy (non-hydrogen) atoms. The van der Waals surface area contributed by atoms with Crippen LogP contribution in [0.4, 0.5) is 17.1 Å². The van der Waals surface area contributed by atoms with Crippen LogP contribution >= 0.6 is 11.3 Å². The lowest BCUT2D eigenvalue weighted by molar-refractivity contribution is 0.423. The van der Waals surface area contributed by atoms with Gasteiger partial charge in [0.1, 0.15) is 22.7 Å². The molecule has 0 fully saturated rings. The zero-order chi connectivity index (χ0) is 42.9. The summed E-state index contributed by atoms with van der Waals surface area (Å²) < 4.78 is 16.0. The van der Waals surface area contributed by atoms with E-state index in [0.29, 0.717) is 0 Å². The molecule has 0 bridgehead atoms. The minimum atomic E-state index is -0.219. The van der Waals surface area contributed by atoms with E-state index in [9.17, 15) is 0 Å². The predicted octanol–water partition coefficient (Wildman–Crippen LogP) is 17.5. The molecule has 13 rings (SSSR count). The Kier molecular flexibility index (Phi) is 7.87. The first-order chi connectivity index (χ1) is 31.2. The lowest BCUT2D eigenvalue weighted by atomic mass is 9.75. The minimum Gasteiger partial charge on any atom is -0.456 e. The van der Waals surface area contributed by atoms with Crippen LogP contribution in [-0.2, 0) is 10.8 Å². The van der Waals surface area contributed by atoms with Gasteiger partial charge < -0.3 is 14.1 Å². The monoisotopic (exact) mass is 841 g/mol. The average Bonchev–Trinajstić information content (AvgIpc) is 3.97. The van der Waals surface area contributed by atoms with Crippen molar-refractivity contribution in [3.05, 3.63) is 210 Å². The number of hydrogen-bond donors (Lipinski definition) is 0. The third-order valence-corrected chi connectivity index (χ3v) is 15.3. The molecule has 1 aliphatic carbocycles. The zero-order valence-electron chi connectivity index (χ0n) is 36.1. The molecule has 2 aliphatic rings. The highest BCUT2D eigenvalue weighted by atomic mass is 32.1. The van der Waals surface area contributed by atoms with E-state index < -0.39 is 0 Å². The molecule has 3 nitrogen and oxygen atoms in total. The summed E-state index contributed by atoms with van der Waals surface area (Å²) in [7, 11) is 0. The molecule has 1 aliphatic heterocycles. The third kappa shape index (κ3) is 5.39. The Morgan fingerprint density at radius 2 is 1.05 bits per heavy atom. The number of nitrogens with zero attached hydrogens (tertiary/aromatic N) is 1. The fourth-order valence-corrected chi connectivity index (χ4v) is 11.9. The second-order valence-electron chi connectivity index (χ2n) is 18.5. The highest BCUT2D eigenvalue weighted by Crippen LogP contribution is 2.54. The molecule has 0 unspecified atom stereocenters. The quantitative estimate of drug-likeness (QED) is 0.173. The molecule has 4 heteroatoms. The highest BCUT2D eigenvalue weighted by molar-refractivity contribution is 7.25. The Labute approximate surface area is 376 Å². The molecule has 2 aromatic heterocycles. The van der Waals surface area contributed by atoms with E-state index in [1.807, 2.05) is 23.5 Å². The van der Waals surface area contributed by atoms with Crippen molar-refractivity contribution in [1.82, 2.24) is 0 Å². The Bertz CT molecular complexity index is 3700. The predicted molar refractivity (Wildman–Crippen MR) is 268 cm³/mol. The molecule has 0 spiro atoms. The maximum atomic E-state index is 6.98. The van der Waals surface area contributed by atoms with Gasteiger partial charge in [0.25, 0.3) is 0 Å². The van der Waals surface area contributed by atoms with Crippen LogP contribution in [0.15, 0.2) is 192 Å². The van der Waals surface area contributed by atoms with Gasteiger partial charge in [-0.25, -0.2) is 0 Å². The number of furan rings is 1. The molecular formula is C60H43NO2S. The number of rotatable bonds is 5. The number of fused-ring (bicyclic) bond motifs is 12. The van der Waals surface area contributed by atoms with E-state index in [2.05, 4.69) is 209 Å². The number of anilines is 3. The Morgan fingerprint density at radius 1 is 0.422 bits per heavy atom. The molecule has 0 saturated heterocycles. The molecule has 3 heterocycles. The van der Waals surface area contributed by atoms with Gasteiger partial charge in [-0.1, -0.05) is 155 Å². The fourth-order valence-electron chi connectivity index (χ4n) is 10.8. The van der Waals surface area contributed by atoms with E-state index in [1.54, 1.807) is 0 Å². The molecule has 306 valence electrons. The van der Waals surface area contributed by atoms with Crippen LogP contribution in [0.1, 0.15) is 49.9 Å². The first kappa shape index (κ1) is 37.2. The van der Waals surface area contributed by atoms with Gasteiger partial charge in [0.15, 0.2) is 0 Å². The summed E-state index contributed by atoms with van der Waals surface area (Å²) in [4.78, 5) is 2.39. The van der Waals surface area contributed by atoms with Crippen LogP contribution in [-0.4, -0.2) is 0 Å². The van der Waals surface area contributed by atoms with E-state index in [1.165, 1.54) is 53.6 Å². The number of benzene rings is 9. The van der Waals surface area contributed by atoms with Crippen molar-refractivity contribution in [2.24, 2.45) is 0 Å². The van der Waals surface area contributed by atoms with Crippen LogP contribution in [0, 0.1) is 0 Å². The molecule has 0 N–H and O–H groups in total. The number of hydrogen-bond acceptors (Lipinski definition) is 4. The smallest absolute Gasteiger partial charge is 0.143 e. The molecule has 0 atom stereocenters. The summed E-state index contributed by atoms with van der Waals surface area (Å²) in [6.07, 6.45) is 0. The van der Waals surface area contributed by atoms with Crippen molar-refractivity contribution in [1.29, 1.82) is 0 Å². The van der Waals surface area contributed by atoms with E-state index in [4.69, 9.17) is 9.15 Å². The van der Waals surface area contributed by atoms with Crippen molar-refractivity contribution < 1.29 is 9.15 Å². The van der Waals surface area contributed by atoms with Gasteiger partial charge in [-0.2, -0.15) is 0 Å². The molecule has 0 saturated carbocycles. The molecule has 0 radical (unpaired) electrons. The largest absolute Gasteiger partial charge is 0.456 e. The van der Waals surface area contributed by atoms with Crippen LogP contribution in [0.2, 0.25) is 0 Å². The maximum absolute atomic E-state index is 6.98. The summed E-state index contributed by atoms with van der Waals surface area (Å²) in [5.41, 5.74) is 17.0. The van der Waals surface area contributed by atoms with Crippen LogP contribution in [0.3, 0.4) is 0 Å². The van der Waals surface area contributed by atoms with Crippen LogP contribution in [0.5, 0.6) is 11.5 Å². The molecular weight excluding hydrogens is 799 g/mol. The van der Waals surface area contributed by atoms with Crippen molar-refractivity contribution in [2.45, 2.75) is 38.5 Å². The van der Waals surface area contributed by atoms with Crippen molar-refractivity contribution >= 4 is 70.5 Å². The van der Waals surface area contributed by atoms with E-state index in [-0.39, 0.29) is 10.8 Å². The van der Waals surface area contributed by atoms with Crippen LogP contribution in [0.25, 0.3) is 75.5 Å². The maximum Gasteiger partial charge on any atom is 0.143 e. The Hall–Kier alpha value is -7.40. The Morgan fingerprint density at radius 3 is 1.88 bits per heavy atom. The van der Waals surface area contributed by atoms with Gasteiger partial charge in [-0.15, -0.1) is 11.3 Å². The second kappa shape index (κ2) is 13.6. The second-order valence-corrected chi connectivity index (χ2v) is 19.5. The van der Waals surface area contributed by atoms with Gasteiger partial charge in [-0.3, -0.25) is 0 Å². The zero-order valence-corrected chi connectivity index (χ0v) is 36.9. The number of thiophene rings is 1. The molecule has 0 amide bonds. The number of para-hydroxylation sites is 2. The van der Waals surface area contributed by atoms with E-state index >= 15 is 0 Å². The SMILES string of the molecule is CC1(C)c2ccccc2-c2ccc(N(c3ccc(-c4ccc5c(c4)Oc4c(ccc6sc7ccccc7c46)C5(C)C)cc3)c3ccc(-c4cccc5c4oc4ccccc45)cc3)cc21. The van der Waals surface area contributed by atoms with Crippen molar-refractivity contribution in [3.63, 3.8) is 0 Å². The van der Waals surface area contributed by atoms with Crippen LogP contribution < -0.4 is 9.64 Å². The lowest BCUT2D eigenvalue weighted by Crippen LogP contribution is -2.24. The minimum absolute atomic E-state index is 0.127. The highest BCUT2D eigenvalue weighted by Gasteiger charge is 2.37. The van der Waals surface area contributed by atoms with Gasteiger partial charge in [0, 0.05) is 75.5 Å². The lowest BCUT2D eigenvalue weighted by Gasteiger charge is -2.35. The fraction of sp³-hybridized carbons (Fsp3) is 0.100. The van der Waals surface area contributed by atoms with Crippen molar-refractivity contribution in [2.75, 3.05) is 4.90 Å². The summed E-state index contributed by atoms with van der Waals surface area (Å²) in [6.45, 7) is 9.34. The summed E-state index contributed by atoms with van der Waals surface area (Å²) in [5.74, 6) is 1.90. The first-order valence-corrected chi connectivity index (χ1v) is 23.0. The first-order valence-electron chi connectivity index (χ1n) is 22.2. The van der Waals surface area contributed by atoms with E-state index in [0.717, 1.165) is 72.8 Å². The normalized spacial score (nSPS) is 14.3. The summed E-state index contributed by atoms with van der Waals surface area (Å²) in [5, 5.41) is 4.74. The van der Waals surface area contributed by atoms with Gasteiger partial charge >= 0.3 is 0 Å². The summed E-state index contributed by atoms with van der Waals surface area (Å²) >= 11 is 1.83.